The molecular weight excluding hydrogens is 462 g/mol. The molecule has 38 heavy (non-hydrogen) atoms. The van der Waals surface area contributed by atoms with Gasteiger partial charge in [0, 0.05) is 12.1 Å². The number of benzene rings is 2. The summed E-state index contributed by atoms with van der Waals surface area (Å²) in [6.45, 7) is 16.2. The van der Waals surface area contributed by atoms with E-state index in [1.165, 1.54) is 80.0 Å². The number of unbranched alkanes of at least 4 members (excludes halogenated alkanes) is 10. The third-order valence-corrected chi connectivity index (χ3v) is 8.76. The summed E-state index contributed by atoms with van der Waals surface area (Å²) in [5, 5.41) is 3.13. The maximum Gasteiger partial charge on any atom is 0.224 e. The van der Waals surface area contributed by atoms with Crippen molar-refractivity contribution < 1.29 is 4.79 Å². The van der Waals surface area contributed by atoms with Crippen molar-refractivity contribution in [3.8, 4) is 11.1 Å². The van der Waals surface area contributed by atoms with Gasteiger partial charge in [-0.15, -0.1) is 0 Å². The molecule has 2 aromatic carbocycles. The first-order valence-corrected chi connectivity index (χ1v) is 15.7. The van der Waals surface area contributed by atoms with E-state index in [-0.39, 0.29) is 16.7 Å². The van der Waals surface area contributed by atoms with E-state index in [2.05, 4.69) is 96.2 Å². The Bertz CT molecular complexity index is 920. The van der Waals surface area contributed by atoms with E-state index in [1.807, 2.05) is 0 Å². The molecular formula is C36H57NO. The van der Waals surface area contributed by atoms with Crippen LogP contribution in [0.2, 0.25) is 0 Å². The van der Waals surface area contributed by atoms with Gasteiger partial charge < -0.3 is 5.32 Å². The monoisotopic (exact) mass is 519 g/mol. The van der Waals surface area contributed by atoms with Crippen molar-refractivity contribution in [3.05, 3.63) is 53.6 Å². The Hall–Kier alpha value is -2.09. The molecule has 0 saturated heterocycles. The lowest BCUT2D eigenvalue weighted by Gasteiger charge is -2.33. The predicted octanol–water partition coefficient (Wildman–Crippen LogP) is 11.4. The molecule has 1 N–H and O–H groups in total. The minimum absolute atomic E-state index is 0.0939. The first-order valence-electron chi connectivity index (χ1n) is 15.7. The molecule has 0 atom stereocenters. The van der Waals surface area contributed by atoms with Crippen LogP contribution >= 0.6 is 0 Å². The molecule has 2 nitrogen and oxygen atoms in total. The summed E-state index contributed by atoms with van der Waals surface area (Å²) in [7, 11) is 0. The zero-order chi connectivity index (χ0) is 28.0. The lowest BCUT2D eigenvalue weighted by atomic mass is 9.71. The Kier molecular flexibility index (Phi) is 13.6. The Labute approximate surface area is 235 Å². The van der Waals surface area contributed by atoms with Gasteiger partial charge in [0.05, 0.1) is 0 Å². The van der Waals surface area contributed by atoms with E-state index in [9.17, 15) is 4.79 Å². The second-order valence-corrected chi connectivity index (χ2v) is 12.6. The second kappa shape index (κ2) is 16.1. The number of anilines is 1. The van der Waals surface area contributed by atoms with Crippen LogP contribution in [-0.4, -0.2) is 5.91 Å². The van der Waals surface area contributed by atoms with Gasteiger partial charge in [-0.3, -0.25) is 4.79 Å². The van der Waals surface area contributed by atoms with Crippen molar-refractivity contribution in [2.24, 2.45) is 0 Å². The number of hydrogen-bond acceptors (Lipinski definition) is 1. The van der Waals surface area contributed by atoms with E-state index < -0.39 is 0 Å². The van der Waals surface area contributed by atoms with Crippen LogP contribution in [0.15, 0.2) is 42.5 Å². The zero-order valence-corrected chi connectivity index (χ0v) is 25.8. The largest absolute Gasteiger partial charge is 0.326 e. The molecule has 0 aliphatic heterocycles. The highest BCUT2D eigenvalue weighted by molar-refractivity contribution is 5.91. The molecule has 0 heterocycles. The Balaban J connectivity index is 1.93. The molecule has 2 heteroatoms. The van der Waals surface area contributed by atoms with Crippen molar-refractivity contribution in [3.63, 3.8) is 0 Å². The van der Waals surface area contributed by atoms with Gasteiger partial charge in [0.1, 0.15) is 0 Å². The standard InChI is InChI=1S/C36H57NO/c1-8-11-12-13-14-15-16-17-18-19-20-24-33(38)37-30-27-25-29(26-28-30)34-31(35(4,5)9-2)22-21-23-32(34)36(6,7)10-3/h21-23,25-28H,8-20,24H2,1-7H3,(H,37,38). The van der Waals surface area contributed by atoms with Crippen LogP contribution in [0.5, 0.6) is 0 Å². The summed E-state index contributed by atoms with van der Waals surface area (Å²) >= 11 is 0. The summed E-state index contributed by atoms with van der Waals surface area (Å²) < 4.78 is 0. The number of amides is 1. The van der Waals surface area contributed by atoms with Crippen LogP contribution < -0.4 is 5.32 Å². The highest BCUT2D eigenvalue weighted by Crippen LogP contribution is 2.42. The van der Waals surface area contributed by atoms with E-state index >= 15 is 0 Å². The van der Waals surface area contributed by atoms with Crippen LogP contribution in [0.25, 0.3) is 11.1 Å². The van der Waals surface area contributed by atoms with Crippen molar-refractivity contribution in [2.75, 3.05) is 5.32 Å². The predicted molar refractivity (Wildman–Crippen MR) is 168 cm³/mol. The molecule has 1 amide bonds. The van der Waals surface area contributed by atoms with Crippen molar-refractivity contribution in [2.45, 2.75) is 149 Å². The van der Waals surface area contributed by atoms with Gasteiger partial charge in [0.2, 0.25) is 5.91 Å². The van der Waals surface area contributed by atoms with E-state index in [1.54, 1.807) is 0 Å². The second-order valence-electron chi connectivity index (χ2n) is 12.6. The molecule has 0 aliphatic rings. The Morgan fingerprint density at radius 2 is 1.08 bits per heavy atom. The van der Waals surface area contributed by atoms with Crippen LogP contribution in [-0.2, 0) is 15.6 Å². The molecule has 0 spiro atoms. The molecule has 212 valence electrons. The molecule has 0 fully saturated rings. The smallest absolute Gasteiger partial charge is 0.224 e. The molecule has 0 saturated carbocycles. The average Bonchev–Trinajstić information content (AvgIpc) is 2.91. The van der Waals surface area contributed by atoms with Gasteiger partial charge in [-0.25, -0.2) is 0 Å². The van der Waals surface area contributed by atoms with Gasteiger partial charge in [-0.05, 0) is 64.5 Å². The van der Waals surface area contributed by atoms with Gasteiger partial charge in [0.15, 0.2) is 0 Å². The molecule has 0 radical (unpaired) electrons. The SMILES string of the molecule is CCCCCCCCCCCCCC(=O)Nc1ccc(-c2c(C(C)(C)CC)cccc2C(C)(C)CC)cc1. The summed E-state index contributed by atoms with van der Waals surface area (Å²) in [6, 6.07) is 15.4. The lowest BCUT2D eigenvalue weighted by Crippen LogP contribution is -2.22. The van der Waals surface area contributed by atoms with Crippen LogP contribution in [0, 0.1) is 0 Å². The highest BCUT2D eigenvalue weighted by Gasteiger charge is 2.29. The third-order valence-electron chi connectivity index (χ3n) is 8.76. The Morgan fingerprint density at radius 3 is 1.53 bits per heavy atom. The number of nitrogens with one attached hydrogen (secondary N) is 1. The maximum absolute atomic E-state index is 12.6. The van der Waals surface area contributed by atoms with Crippen molar-refractivity contribution in [1.82, 2.24) is 0 Å². The molecule has 2 aromatic rings. The van der Waals surface area contributed by atoms with Gasteiger partial charge in [-0.2, -0.15) is 0 Å². The fraction of sp³-hybridized carbons (Fsp3) is 0.639. The first kappa shape index (κ1) is 32.1. The lowest BCUT2D eigenvalue weighted by molar-refractivity contribution is -0.116. The number of carbonyl (C=O) groups excluding carboxylic acids is 1. The van der Waals surface area contributed by atoms with Gasteiger partial charge >= 0.3 is 0 Å². The summed E-state index contributed by atoms with van der Waals surface area (Å²) in [4.78, 5) is 12.6. The fourth-order valence-electron chi connectivity index (χ4n) is 5.27. The molecule has 0 bridgehead atoms. The van der Waals surface area contributed by atoms with E-state index in [4.69, 9.17) is 0 Å². The van der Waals surface area contributed by atoms with Gasteiger partial charge in [-0.1, -0.05) is 143 Å². The number of hydrogen-bond donors (Lipinski definition) is 1. The molecule has 0 aromatic heterocycles. The quantitative estimate of drug-likeness (QED) is 0.195. The summed E-state index contributed by atoms with van der Waals surface area (Å²) in [6.07, 6.45) is 17.1. The van der Waals surface area contributed by atoms with Crippen LogP contribution in [0.1, 0.15) is 149 Å². The molecule has 0 aliphatic carbocycles. The maximum atomic E-state index is 12.6. The van der Waals surface area contributed by atoms with Crippen LogP contribution in [0.3, 0.4) is 0 Å². The zero-order valence-electron chi connectivity index (χ0n) is 25.8. The van der Waals surface area contributed by atoms with Gasteiger partial charge in [0.25, 0.3) is 0 Å². The average molecular weight is 520 g/mol. The highest BCUT2D eigenvalue weighted by atomic mass is 16.1. The number of carbonyl (C=O) groups is 1. The third kappa shape index (κ3) is 9.90. The normalized spacial score (nSPS) is 12.1. The molecule has 0 unspecified atom stereocenters. The number of rotatable bonds is 18. The van der Waals surface area contributed by atoms with Crippen molar-refractivity contribution in [1.29, 1.82) is 0 Å². The molecule has 2 rings (SSSR count). The first-order chi connectivity index (χ1) is 18.2. The minimum atomic E-state index is 0.0939. The summed E-state index contributed by atoms with van der Waals surface area (Å²) in [5.41, 5.74) is 6.50. The van der Waals surface area contributed by atoms with E-state index in [0.29, 0.717) is 6.42 Å². The fourth-order valence-corrected chi connectivity index (χ4v) is 5.27. The topological polar surface area (TPSA) is 29.1 Å². The van der Waals surface area contributed by atoms with Crippen LogP contribution in [0.4, 0.5) is 5.69 Å². The summed E-state index contributed by atoms with van der Waals surface area (Å²) in [5.74, 6) is 0.133. The minimum Gasteiger partial charge on any atom is -0.326 e. The van der Waals surface area contributed by atoms with Crippen molar-refractivity contribution >= 4 is 11.6 Å². The van der Waals surface area contributed by atoms with E-state index in [0.717, 1.165) is 31.4 Å². The Morgan fingerprint density at radius 1 is 0.632 bits per heavy atom.